The molecule has 5 nitrogen and oxygen atoms in total. The molecule has 1 aliphatic heterocycles. The van der Waals surface area contributed by atoms with Crippen LogP contribution < -0.4 is 0 Å². The lowest BCUT2D eigenvalue weighted by atomic mass is 9.98. The predicted octanol–water partition coefficient (Wildman–Crippen LogP) is -0.0620. The smallest absolute Gasteiger partial charge is 0.307 e. The molecule has 1 amide bonds. The molecule has 3 atom stereocenters. The van der Waals surface area contributed by atoms with Crippen molar-refractivity contribution in [1.82, 2.24) is 4.90 Å². The quantitative estimate of drug-likeness (QED) is 0.708. The summed E-state index contributed by atoms with van der Waals surface area (Å²) >= 11 is 0. The minimum absolute atomic E-state index is 0.0365. The van der Waals surface area contributed by atoms with Crippen LogP contribution >= 0.6 is 0 Å². The van der Waals surface area contributed by atoms with Gasteiger partial charge in [0.15, 0.2) is 0 Å². The van der Waals surface area contributed by atoms with Crippen LogP contribution in [0.4, 0.5) is 0 Å². The first kappa shape index (κ1) is 11.4. The van der Waals surface area contributed by atoms with E-state index in [0.717, 1.165) is 12.8 Å². The number of carboxylic acids is 1. The number of aliphatic hydroxyl groups is 1. The number of amides is 1. The van der Waals surface area contributed by atoms with Gasteiger partial charge in [0, 0.05) is 19.7 Å². The monoisotopic (exact) mass is 227 g/mol. The molecule has 0 aromatic rings. The van der Waals surface area contributed by atoms with E-state index in [2.05, 4.69) is 0 Å². The Balaban J connectivity index is 1.88. The maximum atomic E-state index is 11.9. The Morgan fingerprint density at radius 3 is 2.62 bits per heavy atom. The molecule has 1 aliphatic carbocycles. The number of carbonyl (C=O) groups is 2. The number of nitrogens with zero attached hydrogens (tertiary/aromatic N) is 1. The van der Waals surface area contributed by atoms with Crippen molar-refractivity contribution in [2.24, 2.45) is 17.8 Å². The van der Waals surface area contributed by atoms with Gasteiger partial charge in [0.25, 0.3) is 0 Å². The van der Waals surface area contributed by atoms with Gasteiger partial charge in [-0.25, -0.2) is 0 Å². The van der Waals surface area contributed by atoms with Crippen LogP contribution in [0.1, 0.15) is 19.3 Å². The van der Waals surface area contributed by atoms with E-state index in [1.54, 1.807) is 4.90 Å². The number of aliphatic hydroxyl groups excluding tert-OH is 1. The van der Waals surface area contributed by atoms with Gasteiger partial charge in [-0.2, -0.15) is 0 Å². The first-order valence-electron chi connectivity index (χ1n) is 5.76. The highest BCUT2D eigenvalue weighted by Crippen LogP contribution is 2.40. The number of likely N-dealkylation sites (tertiary alicyclic amines) is 1. The number of aliphatic carboxylic acids is 1. The van der Waals surface area contributed by atoms with Gasteiger partial charge < -0.3 is 15.1 Å². The molecule has 2 fully saturated rings. The second kappa shape index (κ2) is 4.41. The standard InChI is InChI=1S/C11H17NO4/c13-6-7-2-1-3-12(5-7)10(14)8-4-9(8)11(15)16/h7-9,13H,1-6H2,(H,15,16)/t7?,8-,9+/m1/s1. The molecule has 16 heavy (non-hydrogen) atoms. The SMILES string of the molecule is O=C(O)[C@H]1C[C@H]1C(=O)N1CCCC(CO)C1. The summed E-state index contributed by atoms with van der Waals surface area (Å²) in [6, 6.07) is 0. The van der Waals surface area contributed by atoms with Crippen molar-refractivity contribution < 1.29 is 19.8 Å². The lowest BCUT2D eigenvalue weighted by Gasteiger charge is -2.32. The number of hydrogen-bond donors (Lipinski definition) is 2. The van der Waals surface area contributed by atoms with Gasteiger partial charge in [-0.3, -0.25) is 9.59 Å². The van der Waals surface area contributed by atoms with E-state index >= 15 is 0 Å². The zero-order valence-corrected chi connectivity index (χ0v) is 9.13. The van der Waals surface area contributed by atoms with Crippen LogP contribution in [0.15, 0.2) is 0 Å². The maximum Gasteiger partial charge on any atom is 0.307 e. The van der Waals surface area contributed by atoms with Crippen molar-refractivity contribution in [1.29, 1.82) is 0 Å². The van der Waals surface area contributed by atoms with Gasteiger partial charge in [0.2, 0.25) is 5.91 Å². The molecular weight excluding hydrogens is 210 g/mol. The highest BCUT2D eigenvalue weighted by Gasteiger charge is 2.50. The van der Waals surface area contributed by atoms with E-state index in [4.69, 9.17) is 10.2 Å². The Bertz CT molecular complexity index is 304. The van der Waals surface area contributed by atoms with Crippen molar-refractivity contribution in [3.05, 3.63) is 0 Å². The minimum Gasteiger partial charge on any atom is -0.481 e. The van der Waals surface area contributed by atoms with Crippen LogP contribution in [0, 0.1) is 17.8 Å². The van der Waals surface area contributed by atoms with Crippen molar-refractivity contribution in [3.63, 3.8) is 0 Å². The average molecular weight is 227 g/mol. The average Bonchev–Trinajstić information content (AvgIpc) is 3.08. The maximum absolute atomic E-state index is 11.9. The fraction of sp³-hybridized carbons (Fsp3) is 0.818. The lowest BCUT2D eigenvalue weighted by Crippen LogP contribution is -2.42. The molecule has 1 heterocycles. The zero-order chi connectivity index (χ0) is 11.7. The van der Waals surface area contributed by atoms with Gasteiger partial charge in [-0.1, -0.05) is 0 Å². The topological polar surface area (TPSA) is 77.8 Å². The molecule has 5 heteroatoms. The Labute approximate surface area is 94.0 Å². The van der Waals surface area contributed by atoms with E-state index in [9.17, 15) is 9.59 Å². The normalized spacial score (nSPS) is 33.6. The third kappa shape index (κ3) is 2.19. The second-order valence-electron chi connectivity index (χ2n) is 4.76. The molecular formula is C11H17NO4. The van der Waals surface area contributed by atoms with E-state index < -0.39 is 11.9 Å². The summed E-state index contributed by atoms with van der Waals surface area (Å²) in [5, 5.41) is 17.8. The van der Waals surface area contributed by atoms with Crippen molar-refractivity contribution in [2.75, 3.05) is 19.7 Å². The molecule has 1 unspecified atom stereocenters. The summed E-state index contributed by atoms with van der Waals surface area (Å²) in [6.45, 7) is 1.40. The Kier molecular flexibility index (Phi) is 3.14. The van der Waals surface area contributed by atoms with E-state index in [1.165, 1.54) is 0 Å². The van der Waals surface area contributed by atoms with Crippen LogP contribution in [-0.2, 0) is 9.59 Å². The molecule has 90 valence electrons. The summed E-state index contributed by atoms with van der Waals surface area (Å²) in [5.74, 6) is -1.52. The highest BCUT2D eigenvalue weighted by molar-refractivity contribution is 5.89. The second-order valence-corrected chi connectivity index (χ2v) is 4.76. The van der Waals surface area contributed by atoms with Gasteiger partial charge in [0.05, 0.1) is 11.8 Å². The summed E-state index contributed by atoms with van der Waals surface area (Å²) in [7, 11) is 0. The Hall–Kier alpha value is -1.10. The lowest BCUT2D eigenvalue weighted by molar-refractivity contribution is -0.142. The van der Waals surface area contributed by atoms with E-state index in [1.807, 2.05) is 0 Å². The van der Waals surface area contributed by atoms with E-state index in [0.29, 0.717) is 19.5 Å². The third-order valence-electron chi connectivity index (χ3n) is 3.51. The molecule has 2 rings (SSSR count). The molecule has 2 aliphatic rings. The molecule has 0 radical (unpaired) electrons. The van der Waals surface area contributed by atoms with Gasteiger partial charge in [-0.15, -0.1) is 0 Å². The number of carbonyl (C=O) groups excluding carboxylic acids is 1. The number of carboxylic acid groups (broad SMARTS) is 1. The number of rotatable bonds is 3. The molecule has 2 N–H and O–H groups in total. The summed E-state index contributed by atoms with van der Waals surface area (Å²) in [4.78, 5) is 24.3. The minimum atomic E-state index is -0.867. The predicted molar refractivity (Wildman–Crippen MR) is 55.6 cm³/mol. The molecule has 1 saturated heterocycles. The summed E-state index contributed by atoms with van der Waals surface area (Å²) < 4.78 is 0. The Morgan fingerprint density at radius 2 is 2.06 bits per heavy atom. The molecule has 0 bridgehead atoms. The van der Waals surface area contributed by atoms with Gasteiger partial charge in [-0.05, 0) is 25.2 Å². The fourth-order valence-electron chi connectivity index (χ4n) is 2.39. The Morgan fingerprint density at radius 1 is 1.31 bits per heavy atom. The van der Waals surface area contributed by atoms with Crippen molar-refractivity contribution in [3.8, 4) is 0 Å². The van der Waals surface area contributed by atoms with Crippen LogP contribution in [-0.4, -0.2) is 46.7 Å². The van der Waals surface area contributed by atoms with Gasteiger partial charge >= 0.3 is 5.97 Å². The zero-order valence-electron chi connectivity index (χ0n) is 9.13. The summed E-state index contributed by atoms with van der Waals surface area (Å²) in [5.41, 5.74) is 0. The molecule has 0 aromatic carbocycles. The fourth-order valence-corrected chi connectivity index (χ4v) is 2.39. The highest BCUT2D eigenvalue weighted by atomic mass is 16.4. The van der Waals surface area contributed by atoms with Crippen LogP contribution in [0.2, 0.25) is 0 Å². The van der Waals surface area contributed by atoms with E-state index in [-0.39, 0.29) is 24.3 Å². The largest absolute Gasteiger partial charge is 0.481 e. The molecule has 1 saturated carbocycles. The first-order chi connectivity index (χ1) is 7.63. The number of piperidine rings is 1. The first-order valence-corrected chi connectivity index (χ1v) is 5.76. The van der Waals surface area contributed by atoms with Crippen molar-refractivity contribution in [2.45, 2.75) is 19.3 Å². The van der Waals surface area contributed by atoms with Crippen molar-refractivity contribution >= 4 is 11.9 Å². The third-order valence-corrected chi connectivity index (χ3v) is 3.51. The summed E-state index contributed by atoms with van der Waals surface area (Å²) in [6.07, 6.45) is 2.34. The van der Waals surface area contributed by atoms with Crippen LogP contribution in [0.5, 0.6) is 0 Å². The molecule has 0 aromatic heterocycles. The number of hydrogen-bond acceptors (Lipinski definition) is 3. The van der Waals surface area contributed by atoms with Gasteiger partial charge in [0.1, 0.15) is 0 Å². The van der Waals surface area contributed by atoms with Crippen LogP contribution in [0.3, 0.4) is 0 Å². The van der Waals surface area contributed by atoms with Crippen LogP contribution in [0.25, 0.3) is 0 Å². The molecule has 0 spiro atoms.